The zero-order chi connectivity index (χ0) is 19.2. The Morgan fingerprint density at radius 1 is 0.667 bits per heavy atom. The van der Waals surface area contributed by atoms with Crippen LogP contribution in [-0.4, -0.2) is 16.9 Å². The lowest BCUT2D eigenvalue weighted by molar-refractivity contribution is 0.101. The number of rotatable bonds is 3. The predicted molar refractivity (Wildman–Crippen MR) is 116 cm³/mol. The Morgan fingerprint density at radius 3 is 1.59 bits per heavy atom. The first-order valence-electron chi connectivity index (χ1n) is 8.66. The fourth-order valence-electron chi connectivity index (χ4n) is 2.85. The van der Waals surface area contributed by atoms with Gasteiger partial charge in [-0.3, -0.25) is 9.59 Å². The van der Waals surface area contributed by atoms with Crippen LogP contribution in [0, 0.1) is 0 Å². The summed E-state index contributed by atoms with van der Waals surface area (Å²) in [5.41, 5.74) is 1.54. The van der Waals surface area contributed by atoms with E-state index >= 15 is 0 Å². The fourth-order valence-corrected chi connectivity index (χ4v) is 3.17. The summed E-state index contributed by atoms with van der Waals surface area (Å²) in [6.45, 7) is 1.59. The largest absolute Gasteiger partial charge is 0.295 e. The van der Waals surface area contributed by atoms with E-state index in [4.69, 9.17) is 0 Å². The van der Waals surface area contributed by atoms with Gasteiger partial charge < -0.3 is 0 Å². The topological polar surface area (TPSA) is 34.1 Å². The van der Waals surface area contributed by atoms with Gasteiger partial charge in [0.05, 0.1) is 5.33 Å². The molecule has 0 aromatic heterocycles. The summed E-state index contributed by atoms with van der Waals surface area (Å²) in [7, 11) is 0. The maximum atomic E-state index is 11.4. The van der Waals surface area contributed by atoms with E-state index in [2.05, 4.69) is 15.9 Å². The van der Waals surface area contributed by atoms with E-state index in [0.29, 0.717) is 5.33 Å². The zero-order valence-electron chi connectivity index (χ0n) is 15.0. The summed E-state index contributed by atoms with van der Waals surface area (Å²) in [6, 6.07) is 27.6. The molecule has 0 spiro atoms. The molecule has 0 aliphatic carbocycles. The molecular weight excluding hydrogens is 400 g/mol. The zero-order valence-corrected chi connectivity index (χ0v) is 16.6. The third kappa shape index (κ3) is 4.69. The molecule has 4 rings (SSSR count). The number of alkyl halides is 1. The van der Waals surface area contributed by atoms with Crippen molar-refractivity contribution in [1.29, 1.82) is 0 Å². The Morgan fingerprint density at radius 2 is 1.11 bits per heavy atom. The molecule has 0 saturated carbocycles. The van der Waals surface area contributed by atoms with Gasteiger partial charge in [0, 0.05) is 11.1 Å². The molecule has 0 radical (unpaired) electrons. The van der Waals surface area contributed by atoms with Crippen molar-refractivity contribution in [3.05, 3.63) is 96.1 Å². The van der Waals surface area contributed by atoms with Gasteiger partial charge in [0.2, 0.25) is 0 Å². The molecule has 0 amide bonds. The van der Waals surface area contributed by atoms with Crippen molar-refractivity contribution in [2.24, 2.45) is 0 Å². The number of Topliss-reactive ketones (excluding diaryl/α,β-unsaturated/α-hetero) is 2. The van der Waals surface area contributed by atoms with Crippen LogP contribution >= 0.6 is 15.9 Å². The molecule has 0 aliphatic heterocycles. The van der Waals surface area contributed by atoms with E-state index < -0.39 is 0 Å². The first-order chi connectivity index (χ1) is 13.1. The Balaban J connectivity index is 0.000000156. The van der Waals surface area contributed by atoms with E-state index in [9.17, 15) is 9.59 Å². The first-order valence-corrected chi connectivity index (χ1v) is 9.78. The van der Waals surface area contributed by atoms with Gasteiger partial charge in [-0.15, -0.1) is 0 Å². The molecule has 4 aromatic rings. The van der Waals surface area contributed by atoms with E-state index in [1.54, 1.807) is 6.92 Å². The first kappa shape index (κ1) is 19.0. The number of ketones is 2. The molecule has 0 fully saturated rings. The highest BCUT2D eigenvalue weighted by Gasteiger charge is 2.03. The van der Waals surface area contributed by atoms with E-state index in [1.165, 1.54) is 10.8 Å². The number of hydrogen-bond acceptors (Lipinski definition) is 2. The van der Waals surface area contributed by atoms with Gasteiger partial charge in [-0.2, -0.15) is 0 Å². The number of benzene rings is 4. The summed E-state index contributed by atoms with van der Waals surface area (Å²) in [4.78, 5) is 22.5. The van der Waals surface area contributed by atoms with Gasteiger partial charge in [0.1, 0.15) is 0 Å². The van der Waals surface area contributed by atoms with Crippen molar-refractivity contribution in [3.8, 4) is 0 Å². The molecule has 0 bridgehead atoms. The number of halogens is 1. The van der Waals surface area contributed by atoms with Crippen LogP contribution in [0.25, 0.3) is 21.5 Å². The maximum Gasteiger partial charge on any atom is 0.173 e. The quantitative estimate of drug-likeness (QED) is 0.282. The monoisotopic (exact) mass is 418 g/mol. The minimum Gasteiger partial charge on any atom is -0.295 e. The molecule has 0 saturated heterocycles. The number of carbonyl (C=O) groups is 2. The Kier molecular flexibility index (Phi) is 6.15. The smallest absolute Gasteiger partial charge is 0.173 e. The Bertz CT molecular complexity index is 1120. The average Bonchev–Trinajstić information content (AvgIpc) is 2.72. The highest BCUT2D eigenvalue weighted by molar-refractivity contribution is 9.09. The van der Waals surface area contributed by atoms with Crippen LogP contribution in [-0.2, 0) is 0 Å². The van der Waals surface area contributed by atoms with Gasteiger partial charge >= 0.3 is 0 Å². The Hall–Kier alpha value is -2.78. The van der Waals surface area contributed by atoms with Crippen LogP contribution in [0.15, 0.2) is 84.9 Å². The predicted octanol–water partition coefficient (Wildman–Crippen LogP) is 6.46. The fraction of sp³-hybridized carbons (Fsp3) is 0.0833. The van der Waals surface area contributed by atoms with Gasteiger partial charge in [0.15, 0.2) is 11.6 Å². The number of hydrogen-bond donors (Lipinski definition) is 0. The Labute approximate surface area is 167 Å². The van der Waals surface area contributed by atoms with Gasteiger partial charge in [0.25, 0.3) is 0 Å². The van der Waals surface area contributed by atoms with Crippen LogP contribution < -0.4 is 0 Å². The molecule has 4 aromatic carbocycles. The molecule has 0 N–H and O–H groups in total. The number of carbonyl (C=O) groups excluding carboxylic acids is 2. The van der Waals surface area contributed by atoms with Crippen molar-refractivity contribution < 1.29 is 9.59 Å². The second kappa shape index (κ2) is 8.74. The summed E-state index contributed by atoms with van der Waals surface area (Å²) in [5, 5.41) is 4.95. The van der Waals surface area contributed by atoms with Crippen LogP contribution in [0.3, 0.4) is 0 Å². The molecule has 0 heterocycles. The second-order valence-electron chi connectivity index (χ2n) is 6.24. The van der Waals surface area contributed by atoms with Crippen molar-refractivity contribution in [2.75, 3.05) is 5.33 Å². The molecule has 2 nitrogen and oxygen atoms in total. The lowest BCUT2D eigenvalue weighted by Gasteiger charge is -2.00. The number of fused-ring (bicyclic) bond motifs is 2. The average molecular weight is 419 g/mol. The molecule has 0 aliphatic rings. The summed E-state index contributed by atoms with van der Waals surface area (Å²) >= 11 is 3.17. The highest BCUT2D eigenvalue weighted by atomic mass is 79.9. The third-order valence-corrected chi connectivity index (χ3v) is 4.86. The van der Waals surface area contributed by atoms with E-state index in [-0.39, 0.29) is 11.6 Å². The lowest BCUT2D eigenvalue weighted by Crippen LogP contribution is -1.98. The van der Waals surface area contributed by atoms with Gasteiger partial charge in [-0.25, -0.2) is 0 Å². The van der Waals surface area contributed by atoms with E-state index in [0.717, 1.165) is 21.9 Å². The normalized spacial score (nSPS) is 10.3. The summed E-state index contributed by atoms with van der Waals surface area (Å²) in [6.07, 6.45) is 0. The van der Waals surface area contributed by atoms with Crippen LogP contribution in [0.1, 0.15) is 27.6 Å². The maximum absolute atomic E-state index is 11.4. The van der Waals surface area contributed by atoms with E-state index in [1.807, 2.05) is 84.9 Å². The van der Waals surface area contributed by atoms with Crippen molar-refractivity contribution in [2.45, 2.75) is 6.92 Å². The minimum absolute atomic E-state index is 0.116. The second-order valence-corrected chi connectivity index (χ2v) is 6.80. The van der Waals surface area contributed by atoms with Crippen LogP contribution in [0.5, 0.6) is 0 Å². The van der Waals surface area contributed by atoms with Crippen LogP contribution in [0.4, 0.5) is 0 Å². The van der Waals surface area contributed by atoms with Crippen molar-refractivity contribution >= 4 is 49.0 Å². The van der Waals surface area contributed by atoms with Gasteiger partial charge in [-0.05, 0) is 40.6 Å². The highest BCUT2D eigenvalue weighted by Crippen LogP contribution is 2.17. The molecule has 134 valence electrons. The molecule has 0 atom stereocenters. The molecule has 27 heavy (non-hydrogen) atoms. The SMILES string of the molecule is CC(=O)c1ccc2ccccc2c1.O=C(CBr)c1ccc2ccccc2c1. The van der Waals surface area contributed by atoms with Crippen LogP contribution in [0.2, 0.25) is 0 Å². The molecule has 0 unspecified atom stereocenters. The molecular formula is C24H19BrO2. The minimum atomic E-state index is 0.116. The standard InChI is InChI=1S/C12H9BrO.C12H10O/c13-8-12(14)11-6-5-9-3-1-2-4-10(9)7-11;1-9(13)11-7-6-10-4-2-3-5-12(10)8-11/h1-7H,8H2;2-8H,1H3. The third-order valence-electron chi connectivity index (χ3n) is 4.35. The van der Waals surface area contributed by atoms with Gasteiger partial charge in [-0.1, -0.05) is 88.7 Å². The van der Waals surface area contributed by atoms with Crippen molar-refractivity contribution in [1.82, 2.24) is 0 Å². The lowest BCUT2D eigenvalue weighted by atomic mass is 10.1. The van der Waals surface area contributed by atoms with Crippen molar-refractivity contribution in [3.63, 3.8) is 0 Å². The summed E-state index contributed by atoms with van der Waals surface area (Å²) < 4.78 is 0. The summed E-state index contributed by atoms with van der Waals surface area (Å²) in [5.74, 6) is 0.238. The molecule has 3 heteroatoms.